The van der Waals surface area contributed by atoms with Crippen LogP contribution in [-0.4, -0.2) is 42.3 Å². The maximum Gasteiger partial charge on any atom is 0.244 e. The van der Waals surface area contributed by atoms with E-state index in [1.54, 1.807) is 11.3 Å². The molecular weight excluding hydrogens is 370 g/mol. The fourth-order valence-corrected chi connectivity index (χ4v) is 3.44. The van der Waals surface area contributed by atoms with E-state index < -0.39 is 0 Å². The molecule has 138 valence electrons. The Labute approximate surface area is 161 Å². The van der Waals surface area contributed by atoms with Crippen molar-refractivity contribution in [3.8, 4) is 0 Å². The van der Waals surface area contributed by atoms with Gasteiger partial charge in [-0.05, 0) is 17.8 Å². The normalized spacial score (nSPS) is 13.9. The minimum Gasteiger partial charge on any atom is -0.378 e. The van der Waals surface area contributed by atoms with Crippen LogP contribution in [0.2, 0.25) is 0 Å². The maximum atomic E-state index is 12.0. The number of thiocarbonyl (C=S) groups is 1. The lowest BCUT2D eigenvalue weighted by Crippen LogP contribution is -2.47. The number of hydrogen-bond donors (Lipinski definition) is 3. The highest BCUT2D eigenvalue weighted by atomic mass is 32.1. The SMILES string of the molecule is O=C(Cc1csc(N2CCOCC2)n1)NNC(=S)NCc1ccccc1. The van der Waals surface area contributed by atoms with Crippen LogP contribution in [0.15, 0.2) is 35.7 Å². The highest BCUT2D eigenvalue weighted by Gasteiger charge is 2.15. The first-order chi connectivity index (χ1) is 12.7. The Morgan fingerprint density at radius 2 is 2.00 bits per heavy atom. The van der Waals surface area contributed by atoms with E-state index in [4.69, 9.17) is 17.0 Å². The zero-order valence-corrected chi connectivity index (χ0v) is 15.9. The Bertz CT molecular complexity index is 732. The molecule has 2 aromatic rings. The molecule has 1 amide bonds. The van der Waals surface area contributed by atoms with E-state index in [2.05, 4.69) is 26.1 Å². The molecule has 0 atom stereocenters. The fraction of sp³-hybridized carbons (Fsp3) is 0.353. The van der Waals surface area contributed by atoms with Crippen molar-refractivity contribution in [3.05, 3.63) is 47.0 Å². The van der Waals surface area contributed by atoms with Crippen molar-refractivity contribution in [2.75, 3.05) is 31.2 Å². The molecule has 1 aliphatic rings. The summed E-state index contributed by atoms with van der Waals surface area (Å²) in [5.74, 6) is -0.187. The van der Waals surface area contributed by atoms with Crippen molar-refractivity contribution >= 4 is 39.7 Å². The number of carbonyl (C=O) groups excluding carboxylic acids is 1. The van der Waals surface area contributed by atoms with Gasteiger partial charge in [-0.25, -0.2) is 4.98 Å². The van der Waals surface area contributed by atoms with Crippen molar-refractivity contribution in [2.24, 2.45) is 0 Å². The molecule has 3 rings (SSSR count). The smallest absolute Gasteiger partial charge is 0.244 e. The van der Waals surface area contributed by atoms with Gasteiger partial charge in [-0.2, -0.15) is 0 Å². The molecule has 1 saturated heterocycles. The van der Waals surface area contributed by atoms with E-state index in [1.807, 2.05) is 35.7 Å². The molecule has 0 saturated carbocycles. The molecule has 7 nitrogen and oxygen atoms in total. The van der Waals surface area contributed by atoms with Gasteiger partial charge in [0.25, 0.3) is 0 Å². The Hall–Kier alpha value is -2.23. The molecule has 26 heavy (non-hydrogen) atoms. The predicted molar refractivity (Wildman–Crippen MR) is 106 cm³/mol. The highest BCUT2D eigenvalue weighted by molar-refractivity contribution is 7.80. The van der Waals surface area contributed by atoms with E-state index in [1.165, 1.54) is 0 Å². The van der Waals surface area contributed by atoms with Gasteiger partial charge in [-0.15, -0.1) is 11.3 Å². The number of hydrazine groups is 1. The minimum atomic E-state index is -0.187. The standard InChI is InChI=1S/C17H21N5O2S2/c23-15(20-21-16(25)18-11-13-4-2-1-3-5-13)10-14-12-26-17(19-14)22-6-8-24-9-7-22/h1-5,12H,6-11H2,(H,20,23)(H2,18,21,25). The third-order valence-electron chi connectivity index (χ3n) is 3.77. The molecule has 0 aliphatic carbocycles. The van der Waals surface area contributed by atoms with Crippen LogP contribution < -0.4 is 21.1 Å². The largest absolute Gasteiger partial charge is 0.378 e. The van der Waals surface area contributed by atoms with E-state index in [-0.39, 0.29) is 12.3 Å². The zero-order valence-electron chi connectivity index (χ0n) is 14.2. The van der Waals surface area contributed by atoms with Crippen molar-refractivity contribution in [1.29, 1.82) is 0 Å². The lowest BCUT2D eigenvalue weighted by molar-refractivity contribution is -0.121. The summed E-state index contributed by atoms with van der Waals surface area (Å²) in [6.45, 7) is 3.70. The summed E-state index contributed by atoms with van der Waals surface area (Å²) in [5.41, 5.74) is 7.17. The molecular formula is C17H21N5O2S2. The number of nitrogens with one attached hydrogen (secondary N) is 3. The quantitative estimate of drug-likeness (QED) is 0.522. The van der Waals surface area contributed by atoms with E-state index in [0.717, 1.165) is 29.5 Å². The fourth-order valence-electron chi connectivity index (χ4n) is 2.43. The van der Waals surface area contributed by atoms with Crippen LogP contribution in [0.5, 0.6) is 0 Å². The second-order valence-electron chi connectivity index (χ2n) is 5.74. The minimum absolute atomic E-state index is 0.187. The molecule has 3 N–H and O–H groups in total. The number of anilines is 1. The molecule has 0 spiro atoms. The number of nitrogens with zero attached hydrogens (tertiary/aromatic N) is 2. The second kappa shape index (κ2) is 9.46. The first-order valence-electron chi connectivity index (χ1n) is 8.34. The number of morpholine rings is 1. The highest BCUT2D eigenvalue weighted by Crippen LogP contribution is 2.21. The third-order valence-corrected chi connectivity index (χ3v) is 4.97. The van der Waals surface area contributed by atoms with E-state index >= 15 is 0 Å². The van der Waals surface area contributed by atoms with Gasteiger partial charge in [0.1, 0.15) is 0 Å². The Kier molecular flexibility index (Phi) is 6.75. The molecule has 9 heteroatoms. The van der Waals surface area contributed by atoms with Crippen LogP contribution >= 0.6 is 23.6 Å². The number of benzene rings is 1. The Morgan fingerprint density at radius 3 is 2.77 bits per heavy atom. The number of aromatic nitrogens is 1. The predicted octanol–water partition coefficient (Wildman–Crippen LogP) is 1.22. The first-order valence-corrected chi connectivity index (χ1v) is 9.63. The topological polar surface area (TPSA) is 78.5 Å². The van der Waals surface area contributed by atoms with Gasteiger partial charge in [-0.3, -0.25) is 15.6 Å². The van der Waals surface area contributed by atoms with Crippen LogP contribution in [0.4, 0.5) is 5.13 Å². The third kappa shape index (κ3) is 5.65. The molecule has 0 unspecified atom stereocenters. The number of amides is 1. The van der Waals surface area contributed by atoms with Crippen LogP contribution in [0, 0.1) is 0 Å². The summed E-state index contributed by atoms with van der Waals surface area (Å²) < 4.78 is 5.34. The molecule has 1 aromatic carbocycles. The zero-order chi connectivity index (χ0) is 18.2. The van der Waals surface area contributed by atoms with E-state index in [9.17, 15) is 4.79 Å². The summed E-state index contributed by atoms with van der Waals surface area (Å²) in [5, 5.41) is 6.26. The number of hydrogen-bond acceptors (Lipinski definition) is 6. The average Bonchev–Trinajstić information content (AvgIpc) is 3.15. The van der Waals surface area contributed by atoms with Gasteiger partial charge in [0.15, 0.2) is 10.2 Å². The van der Waals surface area contributed by atoms with Gasteiger partial charge < -0.3 is 15.0 Å². The summed E-state index contributed by atoms with van der Waals surface area (Å²) in [7, 11) is 0. The van der Waals surface area contributed by atoms with Gasteiger partial charge in [0, 0.05) is 25.0 Å². The Balaban J connectivity index is 1.38. The van der Waals surface area contributed by atoms with Gasteiger partial charge in [0.2, 0.25) is 5.91 Å². The van der Waals surface area contributed by atoms with Crippen molar-refractivity contribution in [3.63, 3.8) is 0 Å². The molecule has 0 bridgehead atoms. The average molecular weight is 392 g/mol. The van der Waals surface area contributed by atoms with Crippen LogP contribution in [0.25, 0.3) is 0 Å². The van der Waals surface area contributed by atoms with Crippen LogP contribution in [0.3, 0.4) is 0 Å². The molecule has 2 heterocycles. The summed E-state index contributed by atoms with van der Waals surface area (Å²) in [6, 6.07) is 9.90. The monoisotopic (exact) mass is 391 g/mol. The van der Waals surface area contributed by atoms with Crippen molar-refractivity contribution < 1.29 is 9.53 Å². The van der Waals surface area contributed by atoms with Crippen molar-refractivity contribution in [1.82, 2.24) is 21.2 Å². The first kappa shape index (κ1) is 18.6. The summed E-state index contributed by atoms with van der Waals surface area (Å²) in [6.07, 6.45) is 0.204. The number of thiazole rings is 1. The summed E-state index contributed by atoms with van der Waals surface area (Å²) in [4.78, 5) is 18.8. The van der Waals surface area contributed by atoms with Crippen molar-refractivity contribution in [2.45, 2.75) is 13.0 Å². The maximum absolute atomic E-state index is 12.0. The lowest BCUT2D eigenvalue weighted by atomic mass is 10.2. The molecule has 0 radical (unpaired) electrons. The number of ether oxygens (including phenoxy) is 1. The molecule has 1 aliphatic heterocycles. The van der Waals surface area contributed by atoms with Gasteiger partial charge >= 0.3 is 0 Å². The summed E-state index contributed by atoms with van der Waals surface area (Å²) >= 11 is 6.71. The number of rotatable bonds is 5. The van der Waals surface area contributed by atoms with Gasteiger partial charge in [0.05, 0.1) is 25.3 Å². The number of carbonyl (C=O) groups is 1. The molecule has 1 aromatic heterocycles. The van der Waals surface area contributed by atoms with Crippen LogP contribution in [0.1, 0.15) is 11.3 Å². The van der Waals surface area contributed by atoms with Crippen LogP contribution in [-0.2, 0) is 22.5 Å². The molecule has 1 fully saturated rings. The van der Waals surface area contributed by atoms with E-state index in [0.29, 0.717) is 24.9 Å². The second-order valence-corrected chi connectivity index (χ2v) is 6.98. The Morgan fingerprint density at radius 1 is 1.23 bits per heavy atom. The van der Waals surface area contributed by atoms with Gasteiger partial charge in [-0.1, -0.05) is 30.3 Å². The lowest BCUT2D eigenvalue weighted by Gasteiger charge is -2.26.